The van der Waals surface area contributed by atoms with Gasteiger partial charge in [0.15, 0.2) is 5.75 Å². The number of nitrogens with zero attached hydrogens (tertiary/aromatic N) is 4. The maximum atomic E-state index is 6.04. The Kier molecular flexibility index (Phi) is 5.26. The van der Waals surface area contributed by atoms with Gasteiger partial charge in [0, 0.05) is 18.3 Å². The molecular weight excluding hydrogens is 388 g/mol. The molecule has 7 heteroatoms. The minimum Gasteiger partial charge on any atom is -0.493 e. The van der Waals surface area contributed by atoms with Gasteiger partial charge in [0.05, 0.1) is 25.2 Å². The maximum absolute atomic E-state index is 6.04. The summed E-state index contributed by atoms with van der Waals surface area (Å²) in [6, 6.07) is 15.0. The SMILES string of the molecule is COc1cnc(NC2CCC(N)CC2)nc1-c1cnc2ccc(-c3ccccc3)cn12. The van der Waals surface area contributed by atoms with Gasteiger partial charge >= 0.3 is 0 Å². The second-order valence-electron chi connectivity index (χ2n) is 8.02. The lowest BCUT2D eigenvalue weighted by molar-refractivity contribution is 0.407. The number of methoxy groups -OCH3 is 1. The molecule has 1 fully saturated rings. The van der Waals surface area contributed by atoms with Crippen LogP contribution in [0.2, 0.25) is 0 Å². The second-order valence-corrected chi connectivity index (χ2v) is 8.02. The summed E-state index contributed by atoms with van der Waals surface area (Å²) < 4.78 is 7.63. The van der Waals surface area contributed by atoms with Crippen molar-refractivity contribution < 1.29 is 4.74 Å². The van der Waals surface area contributed by atoms with Gasteiger partial charge in [-0.05, 0) is 48.9 Å². The van der Waals surface area contributed by atoms with E-state index in [1.165, 1.54) is 0 Å². The average molecular weight is 415 g/mol. The molecule has 0 saturated heterocycles. The number of fused-ring (bicyclic) bond motifs is 1. The number of nitrogens with one attached hydrogen (secondary N) is 1. The van der Waals surface area contributed by atoms with Crippen molar-refractivity contribution in [2.75, 3.05) is 12.4 Å². The van der Waals surface area contributed by atoms with Crippen LogP contribution in [0.3, 0.4) is 0 Å². The fourth-order valence-electron chi connectivity index (χ4n) is 4.18. The molecule has 1 aliphatic carbocycles. The molecule has 0 radical (unpaired) electrons. The number of pyridine rings is 1. The van der Waals surface area contributed by atoms with Crippen molar-refractivity contribution in [1.29, 1.82) is 0 Å². The Balaban J connectivity index is 1.52. The maximum Gasteiger partial charge on any atom is 0.223 e. The molecule has 1 saturated carbocycles. The van der Waals surface area contributed by atoms with E-state index in [2.05, 4.69) is 44.1 Å². The van der Waals surface area contributed by atoms with Gasteiger partial charge in [0.1, 0.15) is 11.3 Å². The van der Waals surface area contributed by atoms with Crippen LogP contribution in [-0.4, -0.2) is 38.5 Å². The Morgan fingerprint density at radius 2 is 1.77 bits per heavy atom. The third-order valence-electron chi connectivity index (χ3n) is 5.94. The Bertz CT molecular complexity index is 1180. The van der Waals surface area contributed by atoms with E-state index in [9.17, 15) is 0 Å². The van der Waals surface area contributed by atoms with Crippen molar-refractivity contribution in [2.45, 2.75) is 37.8 Å². The van der Waals surface area contributed by atoms with Gasteiger partial charge in [-0.2, -0.15) is 0 Å². The largest absolute Gasteiger partial charge is 0.493 e. The minimum atomic E-state index is 0.308. The molecule has 0 amide bonds. The molecule has 0 aliphatic heterocycles. The van der Waals surface area contributed by atoms with Gasteiger partial charge < -0.3 is 15.8 Å². The second kappa shape index (κ2) is 8.35. The summed E-state index contributed by atoms with van der Waals surface area (Å²) in [7, 11) is 1.64. The number of anilines is 1. The van der Waals surface area contributed by atoms with E-state index < -0.39 is 0 Å². The first-order valence-corrected chi connectivity index (χ1v) is 10.7. The number of nitrogens with two attached hydrogens (primary N) is 1. The highest BCUT2D eigenvalue weighted by Gasteiger charge is 2.21. The fraction of sp³-hybridized carbons (Fsp3) is 0.292. The smallest absolute Gasteiger partial charge is 0.223 e. The molecule has 0 spiro atoms. The normalized spacial score (nSPS) is 18.8. The molecule has 3 aromatic heterocycles. The van der Waals surface area contributed by atoms with Crippen molar-refractivity contribution >= 4 is 11.6 Å². The predicted octanol–water partition coefficient (Wildman–Crippen LogP) is 4.15. The molecule has 3 heterocycles. The quantitative estimate of drug-likeness (QED) is 0.510. The summed E-state index contributed by atoms with van der Waals surface area (Å²) in [5.74, 6) is 1.22. The Labute approximate surface area is 181 Å². The first-order chi connectivity index (χ1) is 15.2. The monoisotopic (exact) mass is 414 g/mol. The van der Waals surface area contributed by atoms with E-state index in [1.807, 2.05) is 30.5 Å². The summed E-state index contributed by atoms with van der Waals surface area (Å²) >= 11 is 0. The third kappa shape index (κ3) is 3.96. The van der Waals surface area contributed by atoms with E-state index in [0.29, 0.717) is 29.5 Å². The van der Waals surface area contributed by atoms with Crippen LogP contribution in [0, 0.1) is 0 Å². The van der Waals surface area contributed by atoms with Gasteiger partial charge in [-0.3, -0.25) is 4.40 Å². The van der Waals surface area contributed by atoms with Crippen LogP contribution in [0.1, 0.15) is 25.7 Å². The van der Waals surface area contributed by atoms with Crippen LogP contribution in [-0.2, 0) is 0 Å². The lowest BCUT2D eigenvalue weighted by atomic mass is 9.92. The zero-order chi connectivity index (χ0) is 21.2. The highest BCUT2D eigenvalue weighted by molar-refractivity contribution is 5.70. The van der Waals surface area contributed by atoms with Gasteiger partial charge in [0.25, 0.3) is 0 Å². The van der Waals surface area contributed by atoms with E-state index in [-0.39, 0.29) is 0 Å². The predicted molar refractivity (Wildman–Crippen MR) is 122 cm³/mol. The number of imidazole rings is 1. The zero-order valence-electron chi connectivity index (χ0n) is 17.5. The number of aromatic nitrogens is 4. The molecule has 158 valence electrons. The van der Waals surface area contributed by atoms with E-state index in [1.54, 1.807) is 13.3 Å². The van der Waals surface area contributed by atoms with Crippen LogP contribution in [0.25, 0.3) is 28.2 Å². The summed E-state index contributed by atoms with van der Waals surface area (Å²) in [5, 5.41) is 3.48. The topological polar surface area (TPSA) is 90.4 Å². The lowest BCUT2D eigenvalue weighted by Gasteiger charge is -2.26. The third-order valence-corrected chi connectivity index (χ3v) is 5.94. The molecule has 0 bridgehead atoms. The van der Waals surface area contributed by atoms with Gasteiger partial charge in [-0.1, -0.05) is 30.3 Å². The van der Waals surface area contributed by atoms with Crippen molar-refractivity contribution in [3.05, 3.63) is 61.1 Å². The molecule has 0 atom stereocenters. The van der Waals surface area contributed by atoms with Gasteiger partial charge in [0.2, 0.25) is 5.95 Å². The highest BCUT2D eigenvalue weighted by atomic mass is 16.5. The molecule has 4 aromatic rings. The van der Waals surface area contributed by atoms with Crippen molar-refractivity contribution in [2.24, 2.45) is 5.73 Å². The first kappa shape index (κ1) is 19.5. The molecule has 31 heavy (non-hydrogen) atoms. The first-order valence-electron chi connectivity index (χ1n) is 10.7. The standard InChI is InChI=1S/C24H26N6O/c1-31-21-14-27-24(28-19-10-8-18(25)9-11-19)29-23(21)20-13-26-22-12-7-17(15-30(20)22)16-5-3-2-4-6-16/h2-7,12-15,18-19H,8-11,25H2,1H3,(H,27,28,29). The Morgan fingerprint density at radius 3 is 2.55 bits per heavy atom. The van der Waals surface area contributed by atoms with Crippen molar-refractivity contribution in [3.8, 4) is 28.3 Å². The molecule has 1 aromatic carbocycles. The molecule has 1 aliphatic rings. The van der Waals surface area contributed by atoms with Crippen LogP contribution < -0.4 is 15.8 Å². The molecule has 5 rings (SSSR count). The average Bonchev–Trinajstić information content (AvgIpc) is 3.24. The lowest BCUT2D eigenvalue weighted by Crippen LogP contribution is -2.33. The number of ether oxygens (including phenoxy) is 1. The van der Waals surface area contributed by atoms with Crippen LogP contribution in [0.15, 0.2) is 61.1 Å². The van der Waals surface area contributed by atoms with E-state index in [0.717, 1.165) is 48.2 Å². The Hall–Kier alpha value is -3.45. The van der Waals surface area contributed by atoms with Crippen molar-refractivity contribution in [1.82, 2.24) is 19.4 Å². The zero-order valence-corrected chi connectivity index (χ0v) is 17.5. The van der Waals surface area contributed by atoms with E-state index >= 15 is 0 Å². The van der Waals surface area contributed by atoms with Gasteiger partial charge in [-0.25, -0.2) is 15.0 Å². The summed E-state index contributed by atoms with van der Waals surface area (Å²) in [6.07, 6.45) is 9.75. The highest BCUT2D eigenvalue weighted by Crippen LogP contribution is 2.31. The number of benzene rings is 1. The Morgan fingerprint density at radius 1 is 0.968 bits per heavy atom. The van der Waals surface area contributed by atoms with Crippen LogP contribution in [0.4, 0.5) is 5.95 Å². The van der Waals surface area contributed by atoms with Crippen LogP contribution in [0.5, 0.6) is 5.75 Å². The number of rotatable bonds is 5. The summed E-state index contributed by atoms with van der Waals surface area (Å²) in [6.45, 7) is 0. The molecule has 3 N–H and O–H groups in total. The molecule has 0 unspecified atom stereocenters. The minimum absolute atomic E-state index is 0.308. The number of hydrogen-bond acceptors (Lipinski definition) is 6. The van der Waals surface area contributed by atoms with E-state index in [4.69, 9.17) is 15.5 Å². The number of hydrogen-bond donors (Lipinski definition) is 2. The fourth-order valence-corrected chi connectivity index (χ4v) is 4.18. The molecule has 7 nitrogen and oxygen atoms in total. The van der Waals surface area contributed by atoms with Crippen molar-refractivity contribution in [3.63, 3.8) is 0 Å². The molecular formula is C24H26N6O. The summed E-state index contributed by atoms with van der Waals surface area (Å²) in [5.41, 5.74) is 10.7. The van der Waals surface area contributed by atoms with Crippen LogP contribution >= 0.6 is 0 Å². The summed E-state index contributed by atoms with van der Waals surface area (Å²) in [4.78, 5) is 13.9. The van der Waals surface area contributed by atoms with Gasteiger partial charge in [-0.15, -0.1) is 0 Å².